The average Bonchev–Trinajstić information content (AvgIpc) is 1.91. The van der Waals surface area contributed by atoms with E-state index in [0.29, 0.717) is 0 Å². The van der Waals surface area contributed by atoms with E-state index in [1.54, 1.807) is 6.20 Å². The molecule has 0 N–H and O–H groups in total. The van der Waals surface area contributed by atoms with Crippen molar-refractivity contribution in [3.05, 3.63) is 12.0 Å². The van der Waals surface area contributed by atoms with E-state index in [-0.39, 0.29) is 0 Å². The molecule has 0 aliphatic heterocycles. The van der Waals surface area contributed by atoms with Gasteiger partial charge in [0.2, 0.25) is 0 Å². The van der Waals surface area contributed by atoms with E-state index in [1.165, 1.54) is 0 Å². The van der Waals surface area contributed by atoms with Gasteiger partial charge in [0, 0.05) is 0 Å². The summed E-state index contributed by atoms with van der Waals surface area (Å²) in [7, 11) is 1.96. The zero-order valence-corrected chi connectivity index (χ0v) is 4.43. The Bertz CT molecular complexity index is 144. The summed E-state index contributed by atoms with van der Waals surface area (Å²) in [6, 6.07) is 0. The Balaban J connectivity index is 3.12. The highest BCUT2D eigenvalue weighted by molar-refractivity contribution is 6.32. The molecule has 0 saturated heterocycles. The first-order valence-corrected chi connectivity index (χ1v) is 2.18. The summed E-state index contributed by atoms with van der Waals surface area (Å²) in [6.07, 6.45) is 1.70. The van der Waals surface area contributed by atoms with Gasteiger partial charge in [0.1, 0.15) is 13.6 Å². The van der Waals surface area contributed by atoms with Gasteiger partial charge >= 0.3 is 0 Å². The Morgan fingerprint density at radius 2 is 2.57 bits per heavy atom. The second kappa shape index (κ2) is 1.41. The van der Waals surface area contributed by atoms with E-state index in [9.17, 15) is 0 Å². The normalized spacial score (nSPS) is 9.29. The summed E-state index contributed by atoms with van der Waals surface area (Å²) >= 11 is 0. The summed E-state index contributed by atoms with van der Waals surface area (Å²) in [5.41, 5.74) is 1.11. The van der Waals surface area contributed by atoms with Gasteiger partial charge in [-0.25, -0.2) is 0 Å². The molecule has 0 bridgehead atoms. The summed E-state index contributed by atoms with van der Waals surface area (Å²) in [5.74, 6) is 0.903. The molecule has 0 unspecified atom stereocenters. The van der Waals surface area contributed by atoms with E-state index >= 15 is 0 Å². The van der Waals surface area contributed by atoms with Gasteiger partial charge in [0.15, 0.2) is 0 Å². The lowest BCUT2D eigenvalue weighted by Crippen LogP contribution is -1.99. The highest BCUT2D eigenvalue weighted by Crippen LogP contribution is 1.84. The van der Waals surface area contributed by atoms with Gasteiger partial charge in [-0.2, -0.15) is 0 Å². The van der Waals surface area contributed by atoms with E-state index in [0.717, 1.165) is 11.2 Å². The molecule has 0 saturated carbocycles. The molecule has 0 atom stereocenters. The minimum atomic E-state index is 0.903. The predicted molar refractivity (Wildman–Crippen MR) is 29.4 cm³/mol. The lowest BCUT2D eigenvalue weighted by Gasteiger charge is -1.75. The average molecular weight is 94.9 g/mol. The first-order chi connectivity index (χ1) is 3.30. The lowest BCUT2D eigenvalue weighted by molar-refractivity contribution is 0.398. The second-order valence-electron chi connectivity index (χ2n) is 1.56. The molecule has 1 rings (SSSR count). The highest BCUT2D eigenvalue weighted by atomic mass is 16.5. The first-order valence-electron chi connectivity index (χ1n) is 2.18. The van der Waals surface area contributed by atoms with Crippen LogP contribution in [0.1, 0.15) is 5.76 Å². The van der Waals surface area contributed by atoms with E-state index < -0.39 is 0 Å². The van der Waals surface area contributed by atoms with Crippen LogP contribution in [0.15, 0.2) is 10.7 Å². The third kappa shape index (κ3) is 0.658. The molecule has 0 aliphatic rings. The quantitative estimate of drug-likeness (QED) is 0.396. The van der Waals surface area contributed by atoms with Crippen molar-refractivity contribution >= 4 is 13.3 Å². The maximum absolute atomic E-state index is 4.71. The van der Waals surface area contributed by atoms with Crippen molar-refractivity contribution in [3.63, 3.8) is 0 Å². The maximum atomic E-state index is 4.71. The van der Waals surface area contributed by atoms with Crippen molar-refractivity contribution in [2.24, 2.45) is 0 Å². The largest absolute Gasteiger partial charge is 0.362 e. The molecule has 0 radical (unpaired) electrons. The Kier molecular flexibility index (Phi) is 0.892. The van der Waals surface area contributed by atoms with Gasteiger partial charge in [-0.15, -0.1) is 0 Å². The van der Waals surface area contributed by atoms with Crippen LogP contribution in [-0.2, 0) is 0 Å². The van der Waals surface area contributed by atoms with Crippen LogP contribution in [0.3, 0.4) is 0 Å². The summed E-state index contributed by atoms with van der Waals surface area (Å²) in [4.78, 5) is 0. The van der Waals surface area contributed by atoms with E-state index in [4.69, 9.17) is 4.52 Å². The molecule has 36 valence electrons. The third-order valence-corrected chi connectivity index (χ3v) is 0.991. The molecule has 7 heavy (non-hydrogen) atoms. The molecule has 0 fully saturated rings. The number of hydrogen-bond donors (Lipinski definition) is 0. The van der Waals surface area contributed by atoms with Crippen molar-refractivity contribution in [2.75, 3.05) is 0 Å². The summed E-state index contributed by atoms with van der Waals surface area (Å²) in [6.45, 7) is 1.89. The topological polar surface area (TPSA) is 26.0 Å². The fourth-order valence-electron chi connectivity index (χ4n) is 0.347. The number of hydrogen-bond acceptors (Lipinski definition) is 2. The maximum Gasteiger partial charge on any atom is 0.146 e. The first kappa shape index (κ1) is 4.43. The molecular weight excluding hydrogens is 88.9 g/mol. The smallest absolute Gasteiger partial charge is 0.146 e. The molecule has 1 aromatic rings. The van der Waals surface area contributed by atoms with Crippen LogP contribution in [0.25, 0.3) is 0 Å². The molecule has 0 aromatic carbocycles. The SMILES string of the molecule is Bc1cnoc1C. The van der Waals surface area contributed by atoms with Gasteiger partial charge < -0.3 is 4.52 Å². The fraction of sp³-hybridized carbons (Fsp3) is 0.250. The van der Waals surface area contributed by atoms with Crippen LogP contribution < -0.4 is 5.46 Å². The van der Waals surface area contributed by atoms with Crippen molar-refractivity contribution in [2.45, 2.75) is 6.92 Å². The predicted octanol–water partition coefficient (Wildman–Crippen LogP) is -0.759. The Labute approximate surface area is 42.9 Å². The monoisotopic (exact) mass is 95.1 g/mol. The molecule has 0 spiro atoms. The van der Waals surface area contributed by atoms with Gasteiger partial charge in [0.25, 0.3) is 0 Å². The van der Waals surface area contributed by atoms with Crippen LogP contribution in [0, 0.1) is 6.92 Å². The van der Waals surface area contributed by atoms with Gasteiger partial charge in [-0.1, -0.05) is 5.16 Å². The highest BCUT2D eigenvalue weighted by Gasteiger charge is 1.91. The fourth-order valence-corrected chi connectivity index (χ4v) is 0.347. The van der Waals surface area contributed by atoms with Crippen LogP contribution in [0.4, 0.5) is 0 Å². The van der Waals surface area contributed by atoms with Crippen molar-refractivity contribution in [1.29, 1.82) is 0 Å². The number of nitrogens with zero attached hydrogens (tertiary/aromatic N) is 1. The van der Waals surface area contributed by atoms with Crippen molar-refractivity contribution < 1.29 is 4.52 Å². The molecule has 1 aromatic heterocycles. The zero-order valence-electron chi connectivity index (χ0n) is 4.43. The number of aromatic nitrogens is 1. The molecule has 3 heteroatoms. The van der Waals surface area contributed by atoms with Crippen LogP contribution in [0.2, 0.25) is 0 Å². The van der Waals surface area contributed by atoms with Gasteiger partial charge in [0.05, 0.1) is 6.20 Å². The molecule has 2 nitrogen and oxygen atoms in total. The van der Waals surface area contributed by atoms with Gasteiger partial charge in [-0.05, 0) is 12.4 Å². The zero-order chi connectivity index (χ0) is 5.28. The minimum absolute atomic E-state index is 0.903. The Morgan fingerprint density at radius 1 is 1.86 bits per heavy atom. The minimum Gasteiger partial charge on any atom is -0.362 e. The third-order valence-electron chi connectivity index (χ3n) is 0.991. The second-order valence-corrected chi connectivity index (χ2v) is 1.56. The lowest BCUT2D eigenvalue weighted by atomic mass is 9.99. The Morgan fingerprint density at radius 3 is 2.71 bits per heavy atom. The Hall–Kier alpha value is -0.725. The van der Waals surface area contributed by atoms with E-state index in [2.05, 4.69) is 5.16 Å². The number of rotatable bonds is 0. The summed E-state index contributed by atoms with van der Waals surface area (Å²) < 4.78 is 4.71. The molecule has 0 amide bonds. The van der Waals surface area contributed by atoms with E-state index in [1.807, 2.05) is 14.8 Å². The number of aryl methyl sites for hydroxylation is 1. The molecular formula is C4H6BNO. The standard InChI is InChI=1S/C4H6BNO/c1-3-4(5)2-6-7-3/h2H,5H2,1H3. The molecule has 0 aliphatic carbocycles. The summed E-state index contributed by atoms with van der Waals surface area (Å²) in [5, 5.41) is 3.55. The van der Waals surface area contributed by atoms with Gasteiger partial charge in [-0.3, -0.25) is 0 Å². The van der Waals surface area contributed by atoms with Crippen molar-refractivity contribution in [3.8, 4) is 0 Å². The van der Waals surface area contributed by atoms with Crippen LogP contribution in [0.5, 0.6) is 0 Å². The van der Waals surface area contributed by atoms with Crippen LogP contribution in [-0.4, -0.2) is 13.0 Å². The van der Waals surface area contributed by atoms with Crippen molar-refractivity contribution in [1.82, 2.24) is 5.16 Å². The van der Waals surface area contributed by atoms with Crippen LogP contribution >= 0.6 is 0 Å². The molecule has 1 heterocycles.